The summed E-state index contributed by atoms with van der Waals surface area (Å²) in [5.74, 6) is -1.33. The molecule has 20 heavy (non-hydrogen) atoms. The van der Waals surface area contributed by atoms with Gasteiger partial charge in [0.05, 0.1) is 5.56 Å². The van der Waals surface area contributed by atoms with Crippen molar-refractivity contribution in [1.82, 2.24) is 0 Å². The van der Waals surface area contributed by atoms with E-state index in [9.17, 15) is 14.7 Å². The maximum Gasteiger partial charge on any atom is 0.338 e. The highest BCUT2D eigenvalue weighted by atomic mass is 127. The average Bonchev–Trinajstić information content (AvgIpc) is 2.34. The van der Waals surface area contributed by atoms with Gasteiger partial charge in [-0.25, -0.2) is 9.59 Å². The minimum absolute atomic E-state index is 0.155. The fourth-order valence-electron chi connectivity index (χ4n) is 1.16. The van der Waals surface area contributed by atoms with E-state index in [1.54, 1.807) is 12.1 Å². The Labute approximate surface area is 143 Å². The molecule has 0 bridgehead atoms. The summed E-state index contributed by atoms with van der Waals surface area (Å²) in [6.45, 7) is 4.40. The minimum Gasteiger partial charge on any atom is -0.455 e. The van der Waals surface area contributed by atoms with Crippen LogP contribution < -0.4 is 0 Å². The van der Waals surface area contributed by atoms with Gasteiger partial charge in [-0.2, -0.15) is 0 Å². The highest BCUT2D eigenvalue weighted by molar-refractivity contribution is 14.1. The highest BCUT2D eigenvalue weighted by Crippen LogP contribution is 2.15. The van der Waals surface area contributed by atoms with Crippen molar-refractivity contribution in [3.8, 4) is 0 Å². The van der Waals surface area contributed by atoms with Gasteiger partial charge in [0.1, 0.15) is 0 Å². The van der Waals surface area contributed by atoms with Crippen molar-refractivity contribution in [3.05, 3.63) is 43.1 Å². The van der Waals surface area contributed by atoms with Gasteiger partial charge in [-0.05, 0) is 70.3 Å². The van der Waals surface area contributed by atoms with Crippen LogP contribution in [0.2, 0.25) is 0 Å². The first kappa shape index (κ1) is 17.4. The van der Waals surface area contributed by atoms with Crippen LogP contribution in [0.1, 0.15) is 17.3 Å². The Hall–Kier alpha value is -0.680. The number of hydrogen-bond donors (Lipinski definition) is 1. The number of ether oxygens (including phenoxy) is 2. The second-order valence-electron chi connectivity index (χ2n) is 3.90. The fraction of sp³-hybridized carbons (Fsp3) is 0.231. The largest absolute Gasteiger partial charge is 0.455 e. The topological polar surface area (TPSA) is 72.8 Å². The molecule has 0 aliphatic rings. The molecule has 0 fully saturated rings. The predicted molar refractivity (Wildman–Crippen MR) is 89.1 cm³/mol. The first-order valence-electron chi connectivity index (χ1n) is 5.47. The van der Waals surface area contributed by atoms with Crippen LogP contribution in [0.5, 0.6) is 0 Å². The number of esters is 2. The molecule has 1 rings (SSSR count). The van der Waals surface area contributed by atoms with Crippen LogP contribution in [-0.4, -0.2) is 29.9 Å². The van der Waals surface area contributed by atoms with Crippen LogP contribution in [-0.2, 0) is 14.3 Å². The maximum atomic E-state index is 11.8. The van der Waals surface area contributed by atoms with E-state index in [0.717, 1.165) is 7.14 Å². The van der Waals surface area contributed by atoms with Crippen molar-refractivity contribution >= 4 is 57.1 Å². The Kier molecular flexibility index (Phi) is 6.89. The second-order valence-corrected chi connectivity index (χ2v) is 6.39. The van der Waals surface area contributed by atoms with Crippen molar-refractivity contribution in [2.75, 3.05) is 6.61 Å². The maximum absolute atomic E-state index is 11.8. The van der Waals surface area contributed by atoms with Gasteiger partial charge in [-0.3, -0.25) is 0 Å². The number of hydrogen-bond acceptors (Lipinski definition) is 5. The van der Waals surface area contributed by atoms with E-state index in [4.69, 9.17) is 4.74 Å². The summed E-state index contributed by atoms with van der Waals surface area (Å²) in [6, 6.07) is 5.23. The smallest absolute Gasteiger partial charge is 0.338 e. The molecule has 1 aromatic carbocycles. The molecule has 1 aromatic rings. The zero-order chi connectivity index (χ0) is 15.3. The van der Waals surface area contributed by atoms with Gasteiger partial charge in [0.2, 0.25) is 6.29 Å². The molecule has 0 amide bonds. The van der Waals surface area contributed by atoms with Gasteiger partial charge in [0.15, 0.2) is 6.61 Å². The molecular formula is C13H12I2O5. The summed E-state index contributed by atoms with van der Waals surface area (Å²) in [7, 11) is 0. The van der Waals surface area contributed by atoms with Crippen LogP contribution in [0, 0.1) is 7.14 Å². The zero-order valence-electron chi connectivity index (χ0n) is 10.6. The third-order valence-electron chi connectivity index (χ3n) is 2.05. The normalized spacial score (nSPS) is 11.6. The Bertz CT molecular complexity index is 521. The van der Waals surface area contributed by atoms with Crippen molar-refractivity contribution < 1.29 is 24.2 Å². The monoisotopic (exact) mass is 502 g/mol. The van der Waals surface area contributed by atoms with Gasteiger partial charge in [-0.15, -0.1) is 0 Å². The molecule has 7 heteroatoms. The number of halogens is 2. The number of rotatable bonds is 5. The second kappa shape index (κ2) is 7.93. The first-order chi connectivity index (χ1) is 9.29. The van der Waals surface area contributed by atoms with Crippen LogP contribution >= 0.6 is 45.2 Å². The van der Waals surface area contributed by atoms with Crippen molar-refractivity contribution in [1.29, 1.82) is 0 Å². The van der Waals surface area contributed by atoms with E-state index >= 15 is 0 Å². The molecule has 0 spiro atoms. The molecule has 0 saturated carbocycles. The van der Waals surface area contributed by atoms with E-state index in [0.29, 0.717) is 5.56 Å². The highest BCUT2D eigenvalue weighted by Gasteiger charge is 2.15. The molecule has 0 aliphatic carbocycles. The third kappa shape index (κ3) is 5.75. The molecule has 0 heterocycles. The van der Waals surface area contributed by atoms with Gasteiger partial charge in [0, 0.05) is 12.7 Å². The summed E-state index contributed by atoms with van der Waals surface area (Å²) >= 11 is 4.18. The Morgan fingerprint density at radius 1 is 1.30 bits per heavy atom. The van der Waals surface area contributed by atoms with Gasteiger partial charge < -0.3 is 14.6 Å². The summed E-state index contributed by atoms with van der Waals surface area (Å²) < 4.78 is 11.3. The summed E-state index contributed by atoms with van der Waals surface area (Å²) in [5, 5.41) is 9.41. The molecule has 1 unspecified atom stereocenters. The molecule has 0 radical (unpaired) electrons. The van der Waals surface area contributed by atoms with E-state index in [1.807, 2.05) is 6.07 Å². The molecule has 1 atom stereocenters. The van der Waals surface area contributed by atoms with E-state index in [2.05, 4.69) is 56.5 Å². The van der Waals surface area contributed by atoms with Crippen molar-refractivity contribution in [3.63, 3.8) is 0 Å². The van der Waals surface area contributed by atoms with Gasteiger partial charge in [0.25, 0.3) is 0 Å². The summed E-state index contributed by atoms with van der Waals surface area (Å²) in [6.07, 6.45) is -1.51. The lowest BCUT2D eigenvalue weighted by molar-refractivity contribution is -0.169. The Balaban J connectivity index is 2.54. The lowest BCUT2D eigenvalue weighted by Gasteiger charge is -2.12. The van der Waals surface area contributed by atoms with E-state index < -0.39 is 24.8 Å². The summed E-state index contributed by atoms with van der Waals surface area (Å²) in [5.41, 5.74) is 0.530. The van der Waals surface area contributed by atoms with Gasteiger partial charge in [-0.1, -0.05) is 6.58 Å². The molecule has 1 N–H and O–H groups in total. The Morgan fingerprint density at radius 2 is 1.85 bits per heavy atom. The van der Waals surface area contributed by atoms with Crippen LogP contribution in [0.4, 0.5) is 0 Å². The number of aliphatic hydroxyl groups is 1. The molecular weight excluding hydrogens is 490 g/mol. The lowest BCUT2D eigenvalue weighted by Crippen LogP contribution is -2.25. The third-order valence-corrected chi connectivity index (χ3v) is 3.29. The molecule has 108 valence electrons. The number of benzene rings is 1. The van der Waals surface area contributed by atoms with Crippen molar-refractivity contribution in [2.45, 2.75) is 13.2 Å². The van der Waals surface area contributed by atoms with Gasteiger partial charge >= 0.3 is 11.9 Å². The Morgan fingerprint density at radius 3 is 2.35 bits per heavy atom. The minimum atomic E-state index is -1.51. The van der Waals surface area contributed by atoms with Crippen LogP contribution in [0.3, 0.4) is 0 Å². The SMILES string of the molecule is C=C(C)C(=O)OC(O)COC(=O)c1cc(I)cc(I)c1. The lowest BCUT2D eigenvalue weighted by atomic mass is 10.2. The molecule has 5 nitrogen and oxygen atoms in total. The summed E-state index contributed by atoms with van der Waals surface area (Å²) in [4.78, 5) is 22.9. The molecule has 0 saturated heterocycles. The van der Waals surface area contributed by atoms with Crippen LogP contribution in [0.25, 0.3) is 0 Å². The van der Waals surface area contributed by atoms with E-state index in [-0.39, 0.29) is 5.57 Å². The van der Waals surface area contributed by atoms with E-state index in [1.165, 1.54) is 6.92 Å². The fourth-order valence-corrected chi connectivity index (χ4v) is 3.10. The first-order valence-corrected chi connectivity index (χ1v) is 7.63. The molecule has 0 aliphatic heterocycles. The average molecular weight is 502 g/mol. The molecule has 0 aromatic heterocycles. The van der Waals surface area contributed by atoms with Crippen LogP contribution in [0.15, 0.2) is 30.4 Å². The van der Waals surface area contributed by atoms with Crippen molar-refractivity contribution in [2.24, 2.45) is 0 Å². The zero-order valence-corrected chi connectivity index (χ0v) is 14.9. The predicted octanol–water partition coefficient (Wildman–Crippen LogP) is 2.49. The quantitative estimate of drug-likeness (QED) is 0.290. The number of carbonyl (C=O) groups is 2. The number of aliphatic hydroxyl groups excluding tert-OH is 1. The number of carbonyl (C=O) groups excluding carboxylic acids is 2. The standard InChI is InChI=1S/C13H12I2O5/c1-7(2)12(17)20-11(16)6-19-13(18)8-3-9(14)5-10(15)4-8/h3-5,11,16H,1,6H2,2H3.